The van der Waals surface area contributed by atoms with E-state index in [2.05, 4.69) is 5.32 Å². The maximum Gasteiger partial charge on any atom is 0.235 e. The SMILES string of the molecule is COCCN(CC(=O)NCC(C)C)S(C)(=O)=O. The van der Waals surface area contributed by atoms with Crippen LogP contribution in [0, 0.1) is 5.92 Å². The summed E-state index contributed by atoms with van der Waals surface area (Å²) in [5.74, 6) is 0.0461. The molecule has 0 radical (unpaired) electrons. The van der Waals surface area contributed by atoms with Gasteiger partial charge in [0.15, 0.2) is 0 Å². The van der Waals surface area contributed by atoms with Crippen LogP contribution in [0.1, 0.15) is 13.8 Å². The zero-order valence-electron chi connectivity index (χ0n) is 10.9. The predicted octanol–water partition coefficient (Wildman–Crippen LogP) is -0.333. The summed E-state index contributed by atoms with van der Waals surface area (Å²) in [6, 6.07) is 0. The van der Waals surface area contributed by atoms with Gasteiger partial charge in [0.05, 0.1) is 19.4 Å². The van der Waals surface area contributed by atoms with Crippen LogP contribution < -0.4 is 5.32 Å². The standard InChI is InChI=1S/C10H22N2O4S/c1-9(2)7-11-10(13)8-12(5-6-16-3)17(4,14)15/h9H,5-8H2,1-4H3,(H,11,13). The Morgan fingerprint density at radius 1 is 1.41 bits per heavy atom. The van der Waals surface area contributed by atoms with E-state index in [1.807, 2.05) is 13.8 Å². The number of rotatable bonds is 8. The summed E-state index contributed by atoms with van der Waals surface area (Å²) in [6.45, 7) is 4.78. The number of carbonyl (C=O) groups is 1. The molecule has 0 rings (SSSR count). The van der Waals surface area contributed by atoms with Gasteiger partial charge < -0.3 is 10.1 Å². The van der Waals surface area contributed by atoms with Gasteiger partial charge in [0, 0.05) is 20.2 Å². The topological polar surface area (TPSA) is 75.7 Å². The molecule has 0 aliphatic carbocycles. The molecule has 0 aromatic heterocycles. The van der Waals surface area contributed by atoms with Gasteiger partial charge in [-0.1, -0.05) is 13.8 Å². The third-order valence-corrected chi connectivity index (χ3v) is 3.29. The van der Waals surface area contributed by atoms with Crippen molar-refractivity contribution in [1.82, 2.24) is 9.62 Å². The number of sulfonamides is 1. The Kier molecular flexibility index (Phi) is 7.33. The molecule has 0 aliphatic heterocycles. The number of ether oxygens (including phenoxy) is 1. The predicted molar refractivity (Wildman–Crippen MR) is 66.1 cm³/mol. The molecule has 0 aromatic carbocycles. The van der Waals surface area contributed by atoms with E-state index in [1.165, 1.54) is 7.11 Å². The summed E-state index contributed by atoms with van der Waals surface area (Å²) in [5, 5.41) is 2.68. The minimum absolute atomic E-state index is 0.158. The molecule has 102 valence electrons. The molecule has 6 nitrogen and oxygen atoms in total. The summed E-state index contributed by atoms with van der Waals surface area (Å²) in [4.78, 5) is 11.5. The first-order valence-corrected chi connectivity index (χ1v) is 7.33. The van der Waals surface area contributed by atoms with Crippen LogP contribution in [0.2, 0.25) is 0 Å². The van der Waals surface area contributed by atoms with Gasteiger partial charge >= 0.3 is 0 Å². The van der Waals surface area contributed by atoms with Gasteiger partial charge in [0.1, 0.15) is 0 Å². The van der Waals surface area contributed by atoms with Crippen molar-refractivity contribution in [2.75, 3.05) is 39.6 Å². The fourth-order valence-corrected chi connectivity index (χ4v) is 1.85. The Morgan fingerprint density at radius 3 is 2.41 bits per heavy atom. The zero-order valence-corrected chi connectivity index (χ0v) is 11.7. The molecule has 1 amide bonds. The maximum atomic E-state index is 11.5. The number of nitrogens with zero attached hydrogens (tertiary/aromatic N) is 1. The second kappa shape index (κ2) is 7.62. The summed E-state index contributed by atoms with van der Waals surface area (Å²) < 4.78 is 28.7. The molecule has 0 bridgehead atoms. The first kappa shape index (κ1) is 16.3. The normalized spacial score (nSPS) is 12.1. The zero-order chi connectivity index (χ0) is 13.5. The lowest BCUT2D eigenvalue weighted by Crippen LogP contribution is -2.42. The first-order valence-electron chi connectivity index (χ1n) is 5.48. The average molecular weight is 266 g/mol. The average Bonchev–Trinajstić information content (AvgIpc) is 2.19. The van der Waals surface area contributed by atoms with Gasteiger partial charge in [-0.3, -0.25) is 4.79 Å². The highest BCUT2D eigenvalue weighted by Crippen LogP contribution is 1.97. The molecule has 0 atom stereocenters. The lowest BCUT2D eigenvalue weighted by Gasteiger charge is -2.19. The fraction of sp³-hybridized carbons (Fsp3) is 0.900. The summed E-state index contributed by atoms with van der Waals surface area (Å²) in [6.07, 6.45) is 1.08. The van der Waals surface area contributed by atoms with Crippen LogP contribution in [-0.4, -0.2) is 58.2 Å². The van der Waals surface area contributed by atoms with E-state index in [0.717, 1.165) is 10.6 Å². The van der Waals surface area contributed by atoms with Crippen LogP contribution in [-0.2, 0) is 19.6 Å². The highest BCUT2D eigenvalue weighted by Gasteiger charge is 2.19. The monoisotopic (exact) mass is 266 g/mol. The van der Waals surface area contributed by atoms with Crippen LogP contribution in [0.4, 0.5) is 0 Å². The van der Waals surface area contributed by atoms with Gasteiger partial charge in [-0.05, 0) is 5.92 Å². The molecule has 1 N–H and O–H groups in total. The lowest BCUT2D eigenvalue weighted by atomic mass is 10.2. The van der Waals surface area contributed by atoms with Gasteiger partial charge in [0.2, 0.25) is 15.9 Å². The van der Waals surface area contributed by atoms with Crippen molar-refractivity contribution in [2.45, 2.75) is 13.8 Å². The van der Waals surface area contributed by atoms with Crippen LogP contribution >= 0.6 is 0 Å². The van der Waals surface area contributed by atoms with Crippen molar-refractivity contribution in [3.63, 3.8) is 0 Å². The van der Waals surface area contributed by atoms with Crippen molar-refractivity contribution in [3.8, 4) is 0 Å². The number of methoxy groups -OCH3 is 1. The third kappa shape index (κ3) is 8.12. The number of carbonyl (C=O) groups excluding carboxylic acids is 1. The Hall–Kier alpha value is -0.660. The van der Waals surface area contributed by atoms with Crippen LogP contribution in [0.25, 0.3) is 0 Å². The highest BCUT2D eigenvalue weighted by atomic mass is 32.2. The van der Waals surface area contributed by atoms with E-state index in [-0.39, 0.29) is 25.6 Å². The van der Waals surface area contributed by atoms with Crippen LogP contribution in [0.3, 0.4) is 0 Å². The van der Waals surface area contributed by atoms with E-state index >= 15 is 0 Å². The molecule has 0 saturated heterocycles. The van der Waals surface area contributed by atoms with E-state index in [9.17, 15) is 13.2 Å². The number of hydrogen-bond donors (Lipinski definition) is 1. The van der Waals surface area contributed by atoms with Gasteiger partial charge in [0.25, 0.3) is 0 Å². The quantitative estimate of drug-likeness (QED) is 0.652. The summed E-state index contributed by atoms with van der Waals surface area (Å²) >= 11 is 0. The molecule has 0 saturated carbocycles. The van der Waals surface area contributed by atoms with E-state index in [4.69, 9.17) is 4.74 Å². The largest absolute Gasteiger partial charge is 0.383 e. The molecule has 0 aliphatic rings. The van der Waals surface area contributed by atoms with Gasteiger partial charge in [-0.2, -0.15) is 4.31 Å². The first-order chi connectivity index (χ1) is 7.77. The van der Waals surface area contributed by atoms with E-state index < -0.39 is 10.0 Å². The Balaban J connectivity index is 4.29. The van der Waals surface area contributed by atoms with Crippen LogP contribution in [0.5, 0.6) is 0 Å². The van der Waals surface area contributed by atoms with E-state index in [0.29, 0.717) is 12.5 Å². The number of nitrogens with one attached hydrogen (secondary N) is 1. The molecule has 0 heterocycles. The second-order valence-electron chi connectivity index (χ2n) is 4.29. The minimum Gasteiger partial charge on any atom is -0.383 e. The fourth-order valence-electron chi connectivity index (χ4n) is 1.09. The Bertz CT molecular complexity index is 327. The molecule has 7 heteroatoms. The second-order valence-corrected chi connectivity index (χ2v) is 6.27. The smallest absolute Gasteiger partial charge is 0.235 e. The van der Waals surface area contributed by atoms with Crippen molar-refractivity contribution in [1.29, 1.82) is 0 Å². The molecular weight excluding hydrogens is 244 g/mol. The summed E-state index contributed by atoms with van der Waals surface area (Å²) in [5.41, 5.74) is 0. The molecular formula is C10H22N2O4S. The molecule has 0 spiro atoms. The Labute approximate surface area is 103 Å². The van der Waals surface area contributed by atoms with Crippen molar-refractivity contribution in [3.05, 3.63) is 0 Å². The molecule has 0 fully saturated rings. The summed E-state index contributed by atoms with van der Waals surface area (Å²) in [7, 11) is -1.89. The Morgan fingerprint density at radius 2 is 2.00 bits per heavy atom. The molecule has 0 aromatic rings. The van der Waals surface area contributed by atoms with Gasteiger partial charge in [-0.15, -0.1) is 0 Å². The van der Waals surface area contributed by atoms with Crippen LogP contribution in [0.15, 0.2) is 0 Å². The highest BCUT2D eigenvalue weighted by molar-refractivity contribution is 7.88. The third-order valence-electron chi connectivity index (χ3n) is 2.04. The van der Waals surface area contributed by atoms with Gasteiger partial charge in [-0.25, -0.2) is 8.42 Å². The number of hydrogen-bond acceptors (Lipinski definition) is 4. The van der Waals surface area contributed by atoms with Crippen molar-refractivity contribution >= 4 is 15.9 Å². The van der Waals surface area contributed by atoms with E-state index in [1.54, 1.807) is 0 Å². The number of amides is 1. The molecule has 0 unspecified atom stereocenters. The minimum atomic E-state index is -3.38. The van der Waals surface area contributed by atoms with Crippen molar-refractivity contribution < 1.29 is 17.9 Å². The lowest BCUT2D eigenvalue weighted by molar-refractivity contribution is -0.121. The van der Waals surface area contributed by atoms with Crippen molar-refractivity contribution in [2.24, 2.45) is 5.92 Å². The molecule has 17 heavy (non-hydrogen) atoms. The maximum absolute atomic E-state index is 11.5.